The van der Waals surface area contributed by atoms with Crippen LogP contribution in [0.25, 0.3) is 0 Å². The van der Waals surface area contributed by atoms with Gasteiger partial charge in [-0.1, -0.05) is 0 Å². The van der Waals surface area contributed by atoms with Crippen molar-refractivity contribution in [3.63, 3.8) is 0 Å². The third kappa shape index (κ3) is 5.07. The van der Waals surface area contributed by atoms with Crippen molar-refractivity contribution in [2.45, 2.75) is 25.5 Å². The average molecular weight is 202 g/mol. The van der Waals surface area contributed by atoms with E-state index in [1.807, 2.05) is 0 Å². The highest BCUT2D eigenvalue weighted by atomic mass is 19.4. The van der Waals surface area contributed by atoms with Gasteiger partial charge in [0, 0.05) is 14.2 Å². The summed E-state index contributed by atoms with van der Waals surface area (Å²) in [6.45, 7) is 0.691. The second-order valence-electron chi connectivity index (χ2n) is 2.42. The second kappa shape index (κ2) is 5.41. The van der Waals surface area contributed by atoms with Gasteiger partial charge in [0.15, 0.2) is 12.4 Å². The molecule has 3 nitrogen and oxygen atoms in total. The molecular weight excluding hydrogens is 189 g/mol. The van der Waals surface area contributed by atoms with Gasteiger partial charge < -0.3 is 14.2 Å². The van der Waals surface area contributed by atoms with Crippen LogP contribution in [0.1, 0.15) is 6.92 Å². The Bertz CT molecular complexity index is 133. The lowest BCUT2D eigenvalue weighted by atomic mass is 10.4. The molecule has 0 N–H and O–H groups in total. The Morgan fingerprint density at radius 3 is 1.92 bits per heavy atom. The minimum absolute atomic E-state index is 0.242. The maximum atomic E-state index is 11.9. The van der Waals surface area contributed by atoms with Crippen LogP contribution in [0.15, 0.2) is 0 Å². The summed E-state index contributed by atoms with van der Waals surface area (Å²) in [5.74, 6) is 0. The van der Waals surface area contributed by atoms with E-state index in [1.54, 1.807) is 0 Å². The number of alkyl halides is 3. The molecule has 0 spiro atoms. The molecule has 0 aromatic carbocycles. The molecule has 0 heterocycles. The first-order valence-corrected chi connectivity index (χ1v) is 3.65. The molecular formula is C7H13F3O3. The van der Waals surface area contributed by atoms with Gasteiger partial charge in [0.1, 0.15) is 0 Å². The van der Waals surface area contributed by atoms with E-state index in [4.69, 9.17) is 0 Å². The number of hydrogen-bond acceptors (Lipinski definition) is 3. The molecule has 1 atom stereocenters. The van der Waals surface area contributed by atoms with Crippen molar-refractivity contribution >= 4 is 0 Å². The SMILES string of the molecule is COC(COC(C)C(F)(F)F)OC. The number of ether oxygens (including phenoxy) is 3. The Kier molecular flexibility index (Phi) is 5.27. The molecule has 13 heavy (non-hydrogen) atoms. The van der Waals surface area contributed by atoms with E-state index in [9.17, 15) is 13.2 Å². The van der Waals surface area contributed by atoms with Crippen LogP contribution in [0, 0.1) is 0 Å². The fourth-order valence-electron chi connectivity index (χ4n) is 0.550. The lowest BCUT2D eigenvalue weighted by molar-refractivity contribution is -0.235. The van der Waals surface area contributed by atoms with Gasteiger partial charge in [-0.25, -0.2) is 0 Å². The van der Waals surface area contributed by atoms with Crippen LogP contribution >= 0.6 is 0 Å². The summed E-state index contributed by atoms with van der Waals surface area (Å²) in [5.41, 5.74) is 0. The largest absolute Gasteiger partial charge is 0.414 e. The van der Waals surface area contributed by atoms with Crippen LogP contribution in [-0.4, -0.2) is 39.4 Å². The summed E-state index contributed by atoms with van der Waals surface area (Å²) in [6, 6.07) is 0. The summed E-state index contributed by atoms with van der Waals surface area (Å²) in [4.78, 5) is 0. The Balaban J connectivity index is 3.75. The molecule has 6 heteroatoms. The van der Waals surface area contributed by atoms with Crippen LogP contribution in [0.2, 0.25) is 0 Å². The Hall–Kier alpha value is -0.330. The number of methoxy groups -OCH3 is 2. The summed E-state index contributed by atoms with van der Waals surface area (Å²) in [6.07, 6.45) is -6.91. The van der Waals surface area contributed by atoms with Gasteiger partial charge >= 0.3 is 6.18 Å². The van der Waals surface area contributed by atoms with Gasteiger partial charge in [0.25, 0.3) is 0 Å². The highest BCUT2D eigenvalue weighted by Crippen LogP contribution is 2.22. The van der Waals surface area contributed by atoms with Crippen molar-refractivity contribution in [3.8, 4) is 0 Å². The zero-order valence-electron chi connectivity index (χ0n) is 7.72. The van der Waals surface area contributed by atoms with E-state index >= 15 is 0 Å². The zero-order chi connectivity index (χ0) is 10.5. The topological polar surface area (TPSA) is 27.7 Å². The molecule has 0 aliphatic rings. The monoisotopic (exact) mass is 202 g/mol. The minimum atomic E-state index is -4.34. The van der Waals surface area contributed by atoms with Crippen molar-refractivity contribution in [2.75, 3.05) is 20.8 Å². The first-order valence-electron chi connectivity index (χ1n) is 3.65. The molecule has 0 saturated heterocycles. The summed E-state index contributed by atoms with van der Waals surface area (Å²) in [7, 11) is 2.66. The quantitative estimate of drug-likeness (QED) is 0.633. The van der Waals surface area contributed by atoms with Crippen LogP contribution < -0.4 is 0 Å². The molecule has 0 rings (SSSR count). The minimum Gasteiger partial charge on any atom is -0.364 e. The first kappa shape index (κ1) is 12.7. The van der Waals surface area contributed by atoms with Gasteiger partial charge in [0.2, 0.25) is 0 Å². The van der Waals surface area contributed by atoms with E-state index in [-0.39, 0.29) is 6.61 Å². The number of halogens is 3. The van der Waals surface area contributed by atoms with Crippen LogP contribution in [0.4, 0.5) is 13.2 Å². The van der Waals surface area contributed by atoms with Crippen LogP contribution in [0.3, 0.4) is 0 Å². The second-order valence-corrected chi connectivity index (χ2v) is 2.42. The Morgan fingerprint density at radius 2 is 1.62 bits per heavy atom. The van der Waals surface area contributed by atoms with E-state index in [0.717, 1.165) is 6.92 Å². The lowest BCUT2D eigenvalue weighted by Crippen LogP contribution is -2.32. The maximum Gasteiger partial charge on any atom is 0.414 e. The molecule has 0 amide bonds. The third-order valence-electron chi connectivity index (χ3n) is 1.47. The van der Waals surface area contributed by atoms with Crippen molar-refractivity contribution in [1.82, 2.24) is 0 Å². The van der Waals surface area contributed by atoms with Gasteiger partial charge in [-0.2, -0.15) is 13.2 Å². The average Bonchev–Trinajstić information content (AvgIpc) is 2.04. The standard InChI is InChI=1S/C7H13F3O3/c1-5(7(8,9)10)13-4-6(11-2)12-3/h5-6H,4H2,1-3H3. The predicted octanol–water partition coefficient (Wildman–Crippen LogP) is 1.57. The first-order chi connectivity index (χ1) is 5.91. The molecule has 80 valence electrons. The van der Waals surface area contributed by atoms with Gasteiger partial charge in [-0.3, -0.25) is 0 Å². The zero-order valence-corrected chi connectivity index (χ0v) is 7.72. The van der Waals surface area contributed by atoms with Crippen molar-refractivity contribution in [2.24, 2.45) is 0 Å². The van der Waals surface area contributed by atoms with Gasteiger partial charge in [-0.15, -0.1) is 0 Å². The highest BCUT2D eigenvalue weighted by Gasteiger charge is 2.37. The fraction of sp³-hybridized carbons (Fsp3) is 1.00. The highest BCUT2D eigenvalue weighted by molar-refractivity contribution is 4.60. The number of rotatable bonds is 5. The summed E-state index contributed by atoms with van der Waals surface area (Å²) < 4.78 is 49.5. The van der Waals surface area contributed by atoms with Crippen LogP contribution in [-0.2, 0) is 14.2 Å². The summed E-state index contributed by atoms with van der Waals surface area (Å²) in [5, 5.41) is 0. The third-order valence-corrected chi connectivity index (χ3v) is 1.47. The predicted molar refractivity (Wildman–Crippen MR) is 39.3 cm³/mol. The molecule has 0 bridgehead atoms. The fourth-order valence-corrected chi connectivity index (χ4v) is 0.550. The Labute approximate surface area is 74.8 Å². The van der Waals surface area contributed by atoms with Gasteiger partial charge in [-0.05, 0) is 6.92 Å². The normalized spacial score (nSPS) is 15.0. The molecule has 0 aromatic heterocycles. The van der Waals surface area contributed by atoms with E-state index in [2.05, 4.69) is 14.2 Å². The lowest BCUT2D eigenvalue weighted by Gasteiger charge is -2.19. The van der Waals surface area contributed by atoms with Crippen molar-refractivity contribution < 1.29 is 27.4 Å². The molecule has 0 aliphatic carbocycles. The van der Waals surface area contributed by atoms with Crippen LogP contribution in [0.5, 0.6) is 0 Å². The van der Waals surface area contributed by atoms with Crippen molar-refractivity contribution in [3.05, 3.63) is 0 Å². The molecule has 0 saturated carbocycles. The van der Waals surface area contributed by atoms with E-state index in [0.29, 0.717) is 0 Å². The molecule has 0 radical (unpaired) electrons. The van der Waals surface area contributed by atoms with Gasteiger partial charge in [0.05, 0.1) is 6.61 Å². The smallest absolute Gasteiger partial charge is 0.364 e. The van der Waals surface area contributed by atoms with E-state index < -0.39 is 18.6 Å². The maximum absolute atomic E-state index is 11.9. The Morgan fingerprint density at radius 1 is 1.15 bits per heavy atom. The number of hydrogen-bond donors (Lipinski definition) is 0. The van der Waals surface area contributed by atoms with E-state index in [1.165, 1.54) is 14.2 Å². The molecule has 0 aliphatic heterocycles. The molecule has 1 unspecified atom stereocenters. The molecule has 0 aromatic rings. The summed E-state index contributed by atoms with van der Waals surface area (Å²) >= 11 is 0. The van der Waals surface area contributed by atoms with Crippen molar-refractivity contribution in [1.29, 1.82) is 0 Å². The molecule has 0 fully saturated rings.